The van der Waals surface area contributed by atoms with Crippen LogP contribution in [0.1, 0.15) is 5.69 Å². The van der Waals surface area contributed by atoms with Crippen LogP contribution in [0.5, 0.6) is 0 Å². The summed E-state index contributed by atoms with van der Waals surface area (Å²) in [6.07, 6.45) is 0. The van der Waals surface area contributed by atoms with Gasteiger partial charge in [-0.2, -0.15) is 0 Å². The molecule has 2 aromatic rings. The quantitative estimate of drug-likeness (QED) is 0.760. The maximum atomic E-state index is 10.6. The van der Waals surface area contributed by atoms with Crippen LogP contribution in [0.2, 0.25) is 0 Å². The third-order valence-electron chi connectivity index (χ3n) is 2.08. The van der Waals surface area contributed by atoms with Gasteiger partial charge in [-0.25, -0.2) is 0 Å². The molecule has 0 aliphatic heterocycles. The van der Waals surface area contributed by atoms with Gasteiger partial charge in [-0.05, 0) is 12.1 Å². The predicted molar refractivity (Wildman–Crippen MR) is 63.0 cm³/mol. The molecule has 15 heavy (non-hydrogen) atoms. The fourth-order valence-electron chi connectivity index (χ4n) is 1.37. The number of thiol groups is 1. The first-order valence-corrected chi connectivity index (χ1v) is 5.02. The van der Waals surface area contributed by atoms with Crippen LogP contribution in [0, 0.1) is 0 Å². The van der Waals surface area contributed by atoms with Gasteiger partial charge in [0.05, 0.1) is 17.8 Å². The lowest BCUT2D eigenvalue weighted by molar-refractivity contribution is 0.260. The monoisotopic (exact) mass is 218 g/mol. The van der Waals surface area contributed by atoms with E-state index in [2.05, 4.69) is 22.9 Å². The summed E-state index contributed by atoms with van der Waals surface area (Å²) in [6, 6.07) is 11.7. The van der Waals surface area contributed by atoms with Crippen LogP contribution < -0.4 is 5.32 Å². The summed E-state index contributed by atoms with van der Waals surface area (Å²) in [5.74, 6) is 0. The van der Waals surface area contributed by atoms with Crippen molar-refractivity contribution in [2.45, 2.75) is 6.54 Å². The summed E-state index contributed by atoms with van der Waals surface area (Å²) in [5, 5.41) is 3.34. The zero-order valence-electron chi connectivity index (χ0n) is 7.97. The number of nitrogens with zero attached hydrogens (tertiary/aromatic N) is 1. The molecular formula is C11H10N2OS. The van der Waals surface area contributed by atoms with Gasteiger partial charge in [-0.15, -0.1) is 0 Å². The van der Waals surface area contributed by atoms with Crippen molar-refractivity contribution in [2.75, 3.05) is 0 Å². The van der Waals surface area contributed by atoms with Crippen LogP contribution in [-0.2, 0) is 6.54 Å². The highest BCUT2D eigenvalue weighted by Crippen LogP contribution is 2.11. The number of hydrogen-bond donors (Lipinski definition) is 2. The fraction of sp³-hybridized carbons (Fsp3) is 0.0909. The Morgan fingerprint density at radius 2 is 2.07 bits per heavy atom. The molecule has 1 aromatic carbocycles. The lowest BCUT2D eigenvalue weighted by atomic mass is 10.2. The van der Waals surface area contributed by atoms with Gasteiger partial charge in [0.25, 0.3) is 5.24 Å². The first-order chi connectivity index (χ1) is 7.25. The number of nitrogens with one attached hydrogen (secondary N) is 1. The number of pyridine rings is 1. The minimum atomic E-state index is -0.343. The number of benzene rings is 1. The number of rotatable bonds is 2. The molecule has 0 atom stereocenters. The predicted octanol–water partition coefficient (Wildman–Crippen LogP) is 2.37. The van der Waals surface area contributed by atoms with Crippen molar-refractivity contribution in [2.24, 2.45) is 0 Å². The molecule has 3 nitrogen and oxygen atoms in total. The van der Waals surface area contributed by atoms with Crippen LogP contribution >= 0.6 is 12.6 Å². The van der Waals surface area contributed by atoms with Crippen LogP contribution in [0.25, 0.3) is 10.9 Å². The van der Waals surface area contributed by atoms with Gasteiger partial charge in [-0.1, -0.05) is 36.9 Å². The average molecular weight is 218 g/mol. The van der Waals surface area contributed by atoms with Gasteiger partial charge in [0.15, 0.2) is 0 Å². The molecular weight excluding hydrogens is 208 g/mol. The average Bonchev–Trinajstić information content (AvgIpc) is 2.26. The second-order valence-electron chi connectivity index (χ2n) is 3.15. The topological polar surface area (TPSA) is 42.0 Å². The van der Waals surface area contributed by atoms with Crippen LogP contribution in [0.15, 0.2) is 36.4 Å². The maximum Gasteiger partial charge on any atom is 0.276 e. The Bertz CT molecular complexity index is 499. The number of amides is 1. The molecule has 1 N–H and O–H groups in total. The molecule has 0 aliphatic carbocycles. The minimum Gasteiger partial charge on any atom is -0.342 e. The molecule has 0 radical (unpaired) electrons. The van der Waals surface area contributed by atoms with Crippen molar-refractivity contribution in [1.82, 2.24) is 10.3 Å². The van der Waals surface area contributed by atoms with E-state index in [1.54, 1.807) is 0 Å². The zero-order chi connectivity index (χ0) is 10.7. The molecule has 1 heterocycles. The van der Waals surface area contributed by atoms with E-state index in [1.807, 2.05) is 36.4 Å². The molecule has 0 bridgehead atoms. The van der Waals surface area contributed by atoms with Crippen LogP contribution in [0.4, 0.5) is 4.79 Å². The first kappa shape index (κ1) is 9.98. The molecule has 0 spiro atoms. The van der Waals surface area contributed by atoms with E-state index in [0.29, 0.717) is 6.54 Å². The van der Waals surface area contributed by atoms with Crippen molar-refractivity contribution >= 4 is 28.8 Å². The van der Waals surface area contributed by atoms with E-state index >= 15 is 0 Å². The van der Waals surface area contributed by atoms with E-state index in [1.165, 1.54) is 0 Å². The second kappa shape index (κ2) is 4.31. The minimum absolute atomic E-state index is 0.343. The molecule has 2 rings (SSSR count). The van der Waals surface area contributed by atoms with Crippen molar-refractivity contribution in [3.8, 4) is 0 Å². The fourth-order valence-corrected chi connectivity index (χ4v) is 1.45. The summed E-state index contributed by atoms with van der Waals surface area (Å²) >= 11 is 3.62. The smallest absolute Gasteiger partial charge is 0.276 e. The number of carbonyl (C=O) groups is 1. The number of carbonyl (C=O) groups excluding carboxylic acids is 1. The molecule has 1 amide bonds. The molecule has 0 fully saturated rings. The molecule has 76 valence electrons. The van der Waals surface area contributed by atoms with E-state index < -0.39 is 0 Å². The molecule has 0 aliphatic rings. The summed E-state index contributed by atoms with van der Waals surface area (Å²) in [4.78, 5) is 15.0. The van der Waals surface area contributed by atoms with Crippen molar-refractivity contribution in [3.05, 3.63) is 42.1 Å². The summed E-state index contributed by atoms with van der Waals surface area (Å²) in [5.41, 5.74) is 1.76. The Hall–Kier alpha value is -1.55. The van der Waals surface area contributed by atoms with Crippen LogP contribution in [0.3, 0.4) is 0 Å². The summed E-state index contributed by atoms with van der Waals surface area (Å²) in [7, 11) is 0. The third kappa shape index (κ3) is 2.47. The largest absolute Gasteiger partial charge is 0.342 e. The van der Waals surface area contributed by atoms with E-state index in [4.69, 9.17) is 0 Å². The normalized spacial score (nSPS) is 10.2. The van der Waals surface area contributed by atoms with Gasteiger partial charge in [-0.3, -0.25) is 9.78 Å². The molecule has 0 saturated carbocycles. The Labute approximate surface area is 92.9 Å². The highest BCUT2D eigenvalue weighted by atomic mass is 32.1. The first-order valence-electron chi connectivity index (χ1n) is 4.57. The number of hydrogen-bond acceptors (Lipinski definition) is 2. The van der Waals surface area contributed by atoms with Gasteiger partial charge in [0.2, 0.25) is 0 Å². The third-order valence-corrected chi connectivity index (χ3v) is 2.23. The van der Waals surface area contributed by atoms with E-state index in [0.717, 1.165) is 16.6 Å². The standard InChI is InChI=1S/C11H10N2OS/c14-11(15)12-7-9-6-5-8-3-1-2-4-10(8)13-9/h1-6H,7H2,(H2,12,14,15). The number of para-hydroxylation sites is 1. The Morgan fingerprint density at radius 1 is 1.27 bits per heavy atom. The Morgan fingerprint density at radius 3 is 2.87 bits per heavy atom. The van der Waals surface area contributed by atoms with Crippen molar-refractivity contribution in [1.29, 1.82) is 0 Å². The molecule has 1 aromatic heterocycles. The summed E-state index contributed by atoms with van der Waals surface area (Å²) < 4.78 is 0. The summed E-state index contributed by atoms with van der Waals surface area (Å²) in [6.45, 7) is 0.410. The maximum absolute atomic E-state index is 10.6. The van der Waals surface area contributed by atoms with E-state index in [9.17, 15) is 4.79 Å². The van der Waals surface area contributed by atoms with Gasteiger partial charge in [0.1, 0.15) is 0 Å². The van der Waals surface area contributed by atoms with Gasteiger partial charge in [0, 0.05) is 5.39 Å². The Kier molecular flexibility index (Phi) is 2.87. The number of aromatic nitrogens is 1. The number of fused-ring (bicyclic) bond motifs is 1. The molecule has 0 unspecified atom stereocenters. The zero-order valence-corrected chi connectivity index (χ0v) is 8.87. The van der Waals surface area contributed by atoms with Crippen LogP contribution in [-0.4, -0.2) is 10.2 Å². The highest BCUT2D eigenvalue weighted by Gasteiger charge is 1.98. The lowest BCUT2D eigenvalue weighted by Crippen LogP contribution is -2.16. The highest BCUT2D eigenvalue weighted by molar-refractivity contribution is 7.96. The molecule has 4 heteroatoms. The van der Waals surface area contributed by atoms with Crippen molar-refractivity contribution < 1.29 is 4.79 Å². The van der Waals surface area contributed by atoms with Crippen molar-refractivity contribution in [3.63, 3.8) is 0 Å². The van der Waals surface area contributed by atoms with Gasteiger partial charge >= 0.3 is 0 Å². The SMILES string of the molecule is O=C(S)NCc1ccc2ccccc2n1. The lowest BCUT2D eigenvalue weighted by Gasteiger charge is -2.02. The second-order valence-corrected chi connectivity index (χ2v) is 3.56. The van der Waals surface area contributed by atoms with Gasteiger partial charge < -0.3 is 5.32 Å². The Balaban J connectivity index is 2.26. The molecule has 0 saturated heterocycles. The van der Waals surface area contributed by atoms with E-state index in [-0.39, 0.29) is 5.24 Å².